The Morgan fingerprint density at radius 1 is 1.19 bits per heavy atom. The van der Waals surface area contributed by atoms with Crippen LogP contribution >= 0.6 is 22.9 Å². The Labute approximate surface area is 130 Å². The molecule has 0 fully saturated rings. The molecule has 3 aromatic rings. The van der Waals surface area contributed by atoms with Crippen LogP contribution in [0.1, 0.15) is 11.4 Å². The molecule has 0 saturated heterocycles. The number of fused-ring (bicyclic) bond motifs is 1. The number of aromatic nitrogens is 2. The molecule has 0 N–H and O–H groups in total. The third-order valence-electron chi connectivity index (χ3n) is 3.40. The highest BCUT2D eigenvalue weighted by atomic mass is 35.5. The van der Waals surface area contributed by atoms with Crippen molar-refractivity contribution in [2.75, 3.05) is 5.88 Å². The van der Waals surface area contributed by atoms with Crippen molar-refractivity contribution in [3.05, 3.63) is 52.0 Å². The fraction of sp³-hybridized carbons (Fsp3) is 0.267. The number of rotatable bonds is 5. The predicted octanol–water partition coefficient (Wildman–Crippen LogP) is 4.40. The molecule has 1 aromatic carbocycles. The van der Waals surface area contributed by atoms with E-state index in [2.05, 4.69) is 10.4 Å². The number of thiophene rings is 1. The monoisotopic (exact) mass is 326 g/mol. The summed E-state index contributed by atoms with van der Waals surface area (Å²) in [6.45, 7) is 0.555. The van der Waals surface area contributed by atoms with E-state index in [1.807, 2.05) is 11.4 Å². The molecular weight excluding hydrogens is 314 g/mol. The number of nitrogens with zero attached hydrogens (tertiary/aromatic N) is 2. The number of aryl methyl sites for hydroxylation is 3. The molecule has 3 rings (SSSR count). The van der Waals surface area contributed by atoms with Gasteiger partial charge in [-0.3, -0.25) is 0 Å². The molecule has 0 bridgehead atoms. The molecule has 0 aliphatic heterocycles. The van der Waals surface area contributed by atoms with Gasteiger partial charge < -0.3 is 4.57 Å². The standard InChI is InChI=1S/C15H13ClF2N2S/c16-6-3-13-19-12-2-1-11(17)14(18)15(12)20(13)7-4-10-5-8-21-9-10/h1-2,5,8-9H,3-4,6-7H2. The van der Waals surface area contributed by atoms with Gasteiger partial charge in [0.25, 0.3) is 0 Å². The normalized spacial score (nSPS) is 11.4. The van der Waals surface area contributed by atoms with Crippen LogP contribution in [0.15, 0.2) is 29.0 Å². The highest BCUT2D eigenvalue weighted by molar-refractivity contribution is 7.07. The molecule has 6 heteroatoms. The lowest BCUT2D eigenvalue weighted by molar-refractivity contribution is 0.510. The van der Waals surface area contributed by atoms with Gasteiger partial charge in [-0.25, -0.2) is 13.8 Å². The minimum atomic E-state index is -0.850. The molecule has 0 unspecified atom stereocenters. The van der Waals surface area contributed by atoms with E-state index in [9.17, 15) is 8.78 Å². The maximum absolute atomic E-state index is 14.1. The molecule has 0 atom stereocenters. The van der Waals surface area contributed by atoms with E-state index in [4.69, 9.17) is 11.6 Å². The Kier molecular flexibility index (Phi) is 4.22. The van der Waals surface area contributed by atoms with Crippen LogP contribution in [0.2, 0.25) is 0 Å². The van der Waals surface area contributed by atoms with Crippen LogP contribution in [0.25, 0.3) is 11.0 Å². The highest BCUT2D eigenvalue weighted by Crippen LogP contribution is 2.23. The summed E-state index contributed by atoms with van der Waals surface area (Å²) in [6, 6.07) is 4.65. The summed E-state index contributed by atoms with van der Waals surface area (Å²) in [5, 5.41) is 4.05. The molecule has 0 aliphatic rings. The van der Waals surface area contributed by atoms with Crippen molar-refractivity contribution in [2.24, 2.45) is 0 Å². The predicted molar refractivity (Wildman–Crippen MR) is 82.1 cm³/mol. The van der Waals surface area contributed by atoms with Crippen LogP contribution in [-0.4, -0.2) is 15.4 Å². The smallest absolute Gasteiger partial charge is 0.184 e. The number of halogens is 3. The van der Waals surface area contributed by atoms with Crippen molar-refractivity contribution >= 4 is 34.0 Å². The summed E-state index contributed by atoms with van der Waals surface area (Å²) in [4.78, 5) is 4.38. The minimum Gasteiger partial charge on any atom is -0.325 e. The first-order chi connectivity index (χ1) is 10.2. The van der Waals surface area contributed by atoms with Crippen molar-refractivity contribution < 1.29 is 8.78 Å². The number of hydrogen-bond donors (Lipinski definition) is 0. The molecule has 21 heavy (non-hydrogen) atoms. The first-order valence-corrected chi connectivity index (χ1v) is 8.08. The lowest BCUT2D eigenvalue weighted by atomic mass is 10.2. The summed E-state index contributed by atoms with van der Waals surface area (Å²) in [5.41, 5.74) is 1.88. The number of hydrogen-bond acceptors (Lipinski definition) is 2. The lowest BCUT2D eigenvalue weighted by Gasteiger charge is -2.08. The zero-order valence-electron chi connectivity index (χ0n) is 11.2. The van der Waals surface area contributed by atoms with E-state index in [0.29, 0.717) is 30.2 Å². The Balaban J connectivity index is 2.04. The average molecular weight is 327 g/mol. The van der Waals surface area contributed by atoms with Gasteiger partial charge >= 0.3 is 0 Å². The van der Waals surface area contributed by atoms with Crippen LogP contribution in [-0.2, 0) is 19.4 Å². The maximum Gasteiger partial charge on any atom is 0.184 e. The number of alkyl halides is 1. The highest BCUT2D eigenvalue weighted by Gasteiger charge is 2.17. The van der Waals surface area contributed by atoms with E-state index in [0.717, 1.165) is 12.5 Å². The largest absolute Gasteiger partial charge is 0.325 e. The summed E-state index contributed by atoms with van der Waals surface area (Å²) in [6.07, 6.45) is 1.28. The fourth-order valence-electron chi connectivity index (χ4n) is 2.40. The van der Waals surface area contributed by atoms with Crippen LogP contribution in [0, 0.1) is 11.6 Å². The van der Waals surface area contributed by atoms with Gasteiger partial charge in [-0.1, -0.05) is 0 Å². The van der Waals surface area contributed by atoms with Gasteiger partial charge in [-0.05, 0) is 40.9 Å². The summed E-state index contributed by atoms with van der Waals surface area (Å²) in [7, 11) is 0. The van der Waals surface area contributed by atoms with Crippen LogP contribution < -0.4 is 0 Å². The van der Waals surface area contributed by atoms with Gasteiger partial charge in [0.15, 0.2) is 11.6 Å². The van der Waals surface area contributed by atoms with Crippen molar-refractivity contribution in [2.45, 2.75) is 19.4 Å². The van der Waals surface area contributed by atoms with Gasteiger partial charge in [0, 0.05) is 18.8 Å². The lowest BCUT2D eigenvalue weighted by Crippen LogP contribution is -2.08. The van der Waals surface area contributed by atoms with Crippen molar-refractivity contribution in [3.63, 3.8) is 0 Å². The molecule has 0 aliphatic carbocycles. The van der Waals surface area contributed by atoms with E-state index in [1.165, 1.54) is 11.6 Å². The van der Waals surface area contributed by atoms with E-state index >= 15 is 0 Å². The SMILES string of the molecule is Fc1ccc2nc(CCCl)n(CCc3ccsc3)c2c1F. The quantitative estimate of drug-likeness (QED) is 0.635. The third-order valence-corrected chi connectivity index (χ3v) is 4.32. The van der Waals surface area contributed by atoms with Crippen molar-refractivity contribution in [1.29, 1.82) is 0 Å². The van der Waals surface area contributed by atoms with Crippen molar-refractivity contribution in [1.82, 2.24) is 9.55 Å². The summed E-state index contributed by atoms with van der Waals surface area (Å²) >= 11 is 7.41. The van der Waals surface area contributed by atoms with Gasteiger partial charge in [-0.2, -0.15) is 11.3 Å². The van der Waals surface area contributed by atoms with Gasteiger partial charge in [0.2, 0.25) is 0 Å². The zero-order valence-corrected chi connectivity index (χ0v) is 12.7. The van der Waals surface area contributed by atoms with Crippen LogP contribution in [0.3, 0.4) is 0 Å². The molecule has 0 spiro atoms. The molecule has 0 amide bonds. The third kappa shape index (κ3) is 2.80. The van der Waals surface area contributed by atoms with Gasteiger partial charge in [0.1, 0.15) is 11.3 Å². The topological polar surface area (TPSA) is 17.8 Å². The molecular formula is C15H13ClF2N2S. The Hall–Kier alpha value is -1.46. The first kappa shape index (κ1) is 14.5. The van der Waals surface area contributed by atoms with Crippen LogP contribution in [0.4, 0.5) is 8.78 Å². The summed E-state index contributed by atoms with van der Waals surface area (Å²) < 4.78 is 29.4. The van der Waals surface area contributed by atoms with E-state index < -0.39 is 11.6 Å². The molecule has 2 aromatic heterocycles. The zero-order chi connectivity index (χ0) is 14.8. The van der Waals surface area contributed by atoms with Crippen LogP contribution in [0.5, 0.6) is 0 Å². The maximum atomic E-state index is 14.1. The molecule has 110 valence electrons. The average Bonchev–Trinajstić information content (AvgIpc) is 3.09. The number of benzene rings is 1. The van der Waals surface area contributed by atoms with Gasteiger partial charge in [0.05, 0.1) is 5.52 Å². The Morgan fingerprint density at radius 3 is 2.76 bits per heavy atom. The molecule has 2 nitrogen and oxygen atoms in total. The summed E-state index contributed by atoms with van der Waals surface area (Å²) in [5.74, 6) is -0.603. The van der Waals surface area contributed by atoms with Crippen molar-refractivity contribution in [3.8, 4) is 0 Å². The minimum absolute atomic E-state index is 0.227. The Morgan fingerprint density at radius 2 is 2.05 bits per heavy atom. The molecule has 2 heterocycles. The second-order valence-electron chi connectivity index (χ2n) is 4.73. The first-order valence-electron chi connectivity index (χ1n) is 6.61. The molecule has 0 saturated carbocycles. The van der Waals surface area contributed by atoms with E-state index in [-0.39, 0.29) is 5.52 Å². The molecule has 0 radical (unpaired) electrons. The van der Waals surface area contributed by atoms with E-state index in [1.54, 1.807) is 15.9 Å². The van der Waals surface area contributed by atoms with Gasteiger partial charge in [-0.15, -0.1) is 11.6 Å². The second-order valence-corrected chi connectivity index (χ2v) is 5.89. The Bertz CT molecular complexity index is 753. The second kappa shape index (κ2) is 6.12. The fourth-order valence-corrected chi connectivity index (χ4v) is 3.27. The number of imidazole rings is 1.